The summed E-state index contributed by atoms with van der Waals surface area (Å²) in [5.74, 6) is 0.296. The Hall–Kier alpha value is -2.79. The highest BCUT2D eigenvalue weighted by molar-refractivity contribution is 7.89. The van der Waals surface area contributed by atoms with Gasteiger partial charge in [-0.1, -0.05) is 6.07 Å². The lowest BCUT2D eigenvalue weighted by atomic mass is 10.1. The summed E-state index contributed by atoms with van der Waals surface area (Å²) >= 11 is 1.50. The van der Waals surface area contributed by atoms with Crippen molar-refractivity contribution in [2.45, 2.75) is 18.4 Å². The standard InChI is InChI=1S/C22H23N3O5S2/c1-16-2-7-20(32(27,28)25-8-10-29-11-9-25)12-21(16)24-22(26)17-3-5-19(6-4-17)30-13-18-14-31-15-23-18/h2-7,12,14-15H,8-11,13H2,1H3,(H,24,26). The van der Waals surface area contributed by atoms with E-state index in [2.05, 4.69) is 10.3 Å². The SMILES string of the molecule is Cc1ccc(S(=O)(=O)N2CCOCC2)cc1NC(=O)c1ccc(OCc2cscn2)cc1. The average molecular weight is 474 g/mol. The Morgan fingerprint density at radius 2 is 1.94 bits per heavy atom. The summed E-state index contributed by atoms with van der Waals surface area (Å²) in [6.45, 7) is 3.55. The number of thiazole rings is 1. The van der Waals surface area contributed by atoms with E-state index >= 15 is 0 Å². The fourth-order valence-corrected chi connectivity index (χ4v) is 5.17. The van der Waals surface area contributed by atoms with Crippen LogP contribution >= 0.6 is 11.3 Å². The molecule has 0 bridgehead atoms. The predicted molar refractivity (Wildman–Crippen MR) is 122 cm³/mol. The molecule has 10 heteroatoms. The maximum Gasteiger partial charge on any atom is 0.255 e. The van der Waals surface area contributed by atoms with Gasteiger partial charge in [-0.3, -0.25) is 4.79 Å². The summed E-state index contributed by atoms with van der Waals surface area (Å²) in [5, 5.41) is 4.73. The number of benzene rings is 2. The third-order valence-electron chi connectivity index (χ3n) is 5.05. The van der Waals surface area contributed by atoms with Crippen LogP contribution in [0, 0.1) is 6.92 Å². The minimum Gasteiger partial charge on any atom is -0.487 e. The van der Waals surface area contributed by atoms with E-state index in [4.69, 9.17) is 9.47 Å². The molecule has 1 N–H and O–H groups in total. The minimum absolute atomic E-state index is 0.145. The summed E-state index contributed by atoms with van der Waals surface area (Å²) < 4.78 is 38.2. The highest BCUT2D eigenvalue weighted by Gasteiger charge is 2.27. The maximum atomic E-state index is 12.9. The summed E-state index contributed by atoms with van der Waals surface area (Å²) in [5.41, 5.74) is 4.25. The van der Waals surface area contributed by atoms with Gasteiger partial charge < -0.3 is 14.8 Å². The normalized spacial score (nSPS) is 14.8. The summed E-state index contributed by atoms with van der Waals surface area (Å²) in [7, 11) is -3.65. The van der Waals surface area contributed by atoms with E-state index in [9.17, 15) is 13.2 Å². The number of aromatic nitrogens is 1. The van der Waals surface area contributed by atoms with Gasteiger partial charge in [0.1, 0.15) is 12.4 Å². The van der Waals surface area contributed by atoms with Gasteiger partial charge in [0, 0.05) is 29.7 Å². The molecular weight excluding hydrogens is 450 g/mol. The third kappa shape index (κ3) is 5.16. The molecule has 1 aromatic heterocycles. The van der Waals surface area contributed by atoms with Gasteiger partial charge in [-0.25, -0.2) is 13.4 Å². The Kier molecular flexibility index (Phi) is 6.85. The smallest absolute Gasteiger partial charge is 0.255 e. The van der Waals surface area contributed by atoms with Crippen LogP contribution in [-0.2, 0) is 21.4 Å². The molecule has 1 saturated heterocycles. The van der Waals surface area contributed by atoms with Crippen molar-refractivity contribution in [1.29, 1.82) is 0 Å². The zero-order valence-corrected chi connectivity index (χ0v) is 19.1. The van der Waals surface area contributed by atoms with Crippen LogP contribution in [0.3, 0.4) is 0 Å². The van der Waals surface area contributed by atoms with Crippen LogP contribution in [0.1, 0.15) is 21.6 Å². The summed E-state index contributed by atoms with van der Waals surface area (Å²) in [4.78, 5) is 17.1. The highest BCUT2D eigenvalue weighted by Crippen LogP contribution is 2.24. The molecule has 0 saturated carbocycles. The van der Waals surface area contributed by atoms with Gasteiger partial charge in [-0.05, 0) is 48.9 Å². The van der Waals surface area contributed by atoms with E-state index in [0.717, 1.165) is 11.3 Å². The lowest BCUT2D eigenvalue weighted by molar-refractivity contribution is 0.0730. The Balaban J connectivity index is 1.45. The highest BCUT2D eigenvalue weighted by atomic mass is 32.2. The number of hydrogen-bond donors (Lipinski definition) is 1. The molecule has 1 amide bonds. The van der Waals surface area contributed by atoms with Gasteiger partial charge in [-0.15, -0.1) is 11.3 Å². The first-order valence-electron chi connectivity index (χ1n) is 10.0. The molecule has 0 radical (unpaired) electrons. The molecule has 0 spiro atoms. The van der Waals surface area contributed by atoms with Gasteiger partial charge in [-0.2, -0.15) is 4.31 Å². The first kappa shape index (κ1) is 22.4. The zero-order valence-electron chi connectivity index (χ0n) is 17.5. The van der Waals surface area contributed by atoms with Crippen molar-refractivity contribution in [2.75, 3.05) is 31.6 Å². The van der Waals surface area contributed by atoms with Crippen LogP contribution in [0.25, 0.3) is 0 Å². The Morgan fingerprint density at radius 1 is 1.19 bits per heavy atom. The second kappa shape index (κ2) is 9.78. The van der Waals surface area contributed by atoms with Crippen LogP contribution in [0.2, 0.25) is 0 Å². The van der Waals surface area contributed by atoms with Crippen LogP contribution in [0.15, 0.2) is 58.3 Å². The van der Waals surface area contributed by atoms with Crippen molar-refractivity contribution >= 4 is 33.0 Å². The number of hydrogen-bond acceptors (Lipinski definition) is 7. The van der Waals surface area contributed by atoms with Crippen LogP contribution in [-0.4, -0.2) is 49.9 Å². The molecule has 1 fully saturated rings. The van der Waals surface area contributed by atoms with Gasteiger partial charge in [0.15, 0.2) is 0 Å². The molecule has 1 aliphatic heterocycles. The van der Waals surface area contributed by atoms with Crippen LogP contribution in [0.4, 0.5) is 5.69 Å². The molecule has 1 aliphatic rings. The van der Waals surface area contributed by atoms with E-state index in [-0.39, 0.29) is 10.8 Å². The fraction of sp³-hybridized carbons (Fsp3) is 0.273. The minimum atomic E-state index is -3.65. The van der Waals surface area contributed by atoms with Crippen molar-refractivity contribution in [2.24, 2.45) is 0 Å². The number of anilines is 1. The molecule has 2 heterocycles. The quantitative estimate of drug-likeness (QED) is 0.565. The molecule has 3 aromatic rings. The molecule has 0 aliphatic carbocycles. The van der Waals surface area contributed by atoms with E-state index in [0.29, 0.717) is 49.9 Å². The van der Waals surface area contributed by atoms with E-state index in [1.165, 1.54) is 21.7 Å². The molecule has 0 unspecified atom stereocenters. The Bertz CT molecular complexity index is 1170. The second-order valence-corrected chi connectivity index (χ2v) is 9.90. The van der Waals surface area contributed by atoms with Gasteiger partial charge in [0.25, 0.3) is 5.91 Å². The third-order valence-corrected chi connectivity index (χ3v) is 7.58. The van der Waals surface area contributed by atoms with Gasteiger partial charge in [0.05, 0.1) is 29.3 Å². The topological polar surface area (TPSA) is 97.8 Å². The maximum absolute atomic E-state index is 12.9. The Morgan fingerprint density at radius 3 is 2.62 bits per heavy atom. The van der Waals surface area contributed by atoms with Gasteiger partial charge >= 0.3 is 0 Å². The number of nitrogens with one attached hydrogen (secondary N) is 1. The molecule has 4 rings (SSSR count). The van der Waals surface area contributed by atoms with Crippen LogP contribution in [0.5, 0.6) is 5.75 Å². The zero-order chi connectivity index (χ0) is 22.6. The number of amides is 1. The molecule has 0 atom stereocenters. The largest absolute Gasteiger partial charge is 0.487 e. The van der Waals surface area contributed by atoms with E-state index < -0.39 is 10.0 Å². The van der Waals surface area contributed by atoms with E-state index in [1.54, 1.807) is 41.9 Å². The van der Waals surface area contributed by atoms with Crippen molar-refractivity contribution in [3.05, 3.63) is 70.2 Å². The molecular formula is C22H23N3O5S2. The number of morpholine rings is 1. The predicted octanol–water partition coefficient (Wildman–Crippen LogP) is 3.30. The number of sulfonamides is 1. The van der Waals surface area contributed by atoms with Crippen molar-refractivity contribution in [3.63, 3.8) is 0 Å². The van der Waals surface area contributed by atoms with Gasteiger partial charge in [0.2, 0.25) is 10.0 Å². The fourth-order valence-electron chi connectivity index (χ4n) is 3.20. The molecule has 168 valence electrons. The van der Waals surface area contributed by atoms with Crippen molar-refractivity contribution < 1.29 is 22.7 Å². The van der Waals surface area contributed by atoms with Crippen molar-refractivity contribution in [1.82, 2.24) is 9.29 Å². The Labute approximate surface area is 190 Å². The number of nitrogens with zero attached hydrogens (tertiary/aromatic N) is 2. The molecule has 8 nitrogen and oxygen atoms in total. The van der Waals surface area contributed by atoms with Crippen molar-refractivity contribution in [3.8, 4) is 5.75 Å². The molecule has 2 aromatic carbocycles. The molecule has 32 heavy (non-hydrogen) atoms. The average Bonchev–Trinajstić information content (AvgIpc) is 3.33. The number of ether oxygens (including phenoxy) is 2. The number of carbonyl (C=O) groups excluding carboxylic acids is 1. The lowest BCUT2D eigenvalue weighted by Gasteiger charge is -2.26. The second-order valence-electron chi connectivity index (χ2n) is 7.24. The first-order valence-corrected chi connectivity index (χ1v) is 12.4. The summed E-state index contributed by atoms with van der Waals surface area (Å²) in [6, 6.07) is 11.5. The monoisotopic (exact) mass is 473 g/mol. The number of carbonyl (C=O) groups is 1. The number of aryl methyl sites for hydroxylation is 1. The first-order chi connectivity index (χ1) is 15.4. The summed E-state index contributed by atoms with van der Waals surface area (Å²) in [6.07, 6.45) is 0. The number of rotatable bonds is 7. The van der Waals surface area contributed by atoms with Crippen LogP contribution < -0.4 is 10.1 Å². The lowest BCUT2D eigenvalue weighted by Crippen LogP contribution is -2.40. The van der Waals surface area contributed by atoms with E-state index in [1.807, 2.05) is 12.3 Å².